The fraction of sp³-hybridized carbons (Fsp3) is 0.100. The van der Waals surface area contributed by atoms with Crippen LogP contribution in [0.15, 0.2) is 22.8 Å². The third kappa shape index (κ3) is 1.74. The number of H-pyrrole nitrogens is 1. The van der Waals surface area contributed by atoms with E-state index in [4.69, 9.17) is 5.11 Å². The smallest absolute Gasteiger partial charge is 0.307 e. The molecule has 0 radical (unpaired) electrons. The largest absolute Gasteiger partial charge is 0.481 e. The summed E-state index contributed by atoms with van der Waals surface area (Å²) in [5.74, 6) is -1.28. The van der Waals surface area contributed by atoms with Crippen molar-refractivity contribution in [2.45, 2.75) is 6.42 Å². The molecule has 1 aromatic carbocycles. The monoisotopic (exact) mass is 271 g/mol. The topological polar surface area (TPSA) is 53.1 Å². The lowest BCUT2D eigenvalue weighted by Crippen LogP contribution is -1.98. The molecule has 78 valence electrons. The highest BCUT2D eigenvalue weighted by Crippen LogP contribution is 2.28. The zero-order chi connectivity index (χ0) is 11.0. The van der Waals surface area contributed by atoms with Crippen molar-refractivity contribution in [2.24, 2.45) is 0 Å². The molecule has 0 aliphatic rings. The van der Waals surface area contributed by atoms with Crippen LogP contribution < -0.4 is 0 Å². The van der Waals surface area contributed by atoms with Gasteiger partial charge in [-0.25, -0.2) is 4.39 Å². The van der Waals surface area contributed by atoms with Gasteiger partial charge in [-0.3, -0.25) is 4.79 Å². The maximum Gasteiger partial charge on any atom is 0.307 e. The summed E-state index contributed by atoms with van der Waals surface area (Å²) in [6, 6.07) is 2.88. The molecule has 0 aliphatic carbocycles. The average molecular weight is 272 g/mol. The van der Waals surface area contributed by atoms with Gasteiger partial charge in [0.05, 0.1) is 16.4 Å². The van der Waals surface area contributed by atoms with E-state index in [0.717, 1.165) is 5.39 Å². The Hall–Kier alpha value is -1.36. The number of carboxylic acids is 1. The second-order valence-corrected chi connectivity index (χ2v) is 3.96. The number of aromatic nitrogens is 1. The van der Waals surface area contributed by atoms with Gasteiger partial charge in [-0.2, -0.15) is 0 Å². The molecule has 2 N–H and O–H groups in total. The van der Waals surface area contributed by atoms with Gasteiger partial charge in [0, 0.05) is 11.6 Å². The van der Waals surface area contributed by atoms with Crippen LogP contribution in [-0.2, 0) is 11.2 Å². The van der Waals surface area contributed by atoms with Crippen LogP contribution in [0.3, 0.4) is 0 Å². The van der Waals surface area contributed by atoms with Gasteiger partial charge < -0.3 is 10.1 Å². The zero-order valence-corrected chi connectivity index (χ0v) is 9.14. The number of fused-ring (bicyclic) bond motifs is 1. The normalized spacial score (nSPS) is 10.8. The van der Waals surface area contributed by atoms with Crippen molar-refractivity contribution in [3.8, 4) is 0 Å². The van der Waals surface area contributed by atoms with E-state index in [1.807, 2.05) is 0 Å². The average Bonchev–Trinajstić information content (AvgIpc) is 2.55. The van der Waals surface area contributed by atoms with Crippen molar-refractivity contribution < 1.29 is 14.3 Å². The number of hydrogen-bond acceptors (Lipinski definition) is 1. The van der Waals surface area contributed by atoms with Gasteiger partial charge in [-0.15, -0.1) is 0 Å². The molecule has 0 saturated heterocycles. The molecule has 0 saturated carbocycles. The lowest BCUT2D eigenvalue weighted by Gasteiger charge is -1.97. The van der Waals surface area contributed by atoms with Crippen molar-refractivity contribution in [3.05, 3.63) is 34.2 Å². The van der Waals surface area contributed by atoms with E-state index in [-0.39, 0.29) is 12.2 Å². The summed E-state index contributed by atoms with van der Waals surface area (Å²) in [4.78, 5) is 13.4. The number of rotatable bonds is 2. The SMILES string of the molecule is O=C(O)Cc1c[nH]c2c(Br)c(F)ccc12. The quantitative estimate of drug-likeness (QED) is 0.883. The minimum absolute atomic E-state index is 0.0714. The minimum atomic E-state index is -0.906. The summed E-state index contributed by atoms with van der Waals surface area (Å²) in [6.45, 7) is 0. The Labute approximate surface area is 93.0 Å². The summed E-state index contributed by atoms with van der Waals surface area (Å²) >= 11 is 3.11. The Morgan fingerprint density at radius 3 is 2.93 bits per heavy atom. The van der Waals surface area contributed by atoms with E-state index in [2.05, 4.69) is 20.9 Å². The second kappa shape index (κ2) is 3.66. The molecule has 0 unspecified atom stereocenters. The van der Waals surface area contributed by atoms with Crippen LogP contribution in [0.25, 0.3) is 10.9 Å². The highest BCUT2D eigenvalue weighted by atomic mass is 79.9. The number of carbonyl (C=O) groups is 1. The zero-order valence-electron chi connectivity index (χ0n) is 7.55. The van der Waals surface area contributed by atoms with Crippen molar-refractivity contribution >= 4 is 32.8 Å². The van der Waals surface area contributed by atoms with Gasteiger partial charge in [-0.05, 0) is 33.6 Å². The van der Waals surface area contributed by atoms with Crippen molar-refractivity contribution in [3.63, 3.8) is 0 Å². The lowest BCUT2D eigenvalue weighted by atomic mass is 10.1. The van der Waals surface area contributed by atoms with E-state index in [1.54, 1.807) is 12.3 Å². The second-order valence-electron chi connectivity index (χ2n) is 3.17. The van der Waals surface area contributed by atoms with Crippen LogP contribution >= 0.6 is 15.9 Å². The fourth-order valence-corrected chi connectivity index (χ4v) is 1.97. The summed E-state index contributed by atoms with van der Waals surface area (Å²) in [7, 11) is 0. The Bertz CT molecular complexity index is 535. The van der Waals surface area contributed by atoms with Gasteiger partial charge in [0.15, 0.2) is 0 Å². The first-order valence-electron chi connectivity index (χ1n) is 4.25. The minimum Gasteiger partial charge on any atom is -0.481 e. The number of aromatic amines is 1. The number of nitrogens with one attached hydrogen (secondary N) is 1. The van der Waals surface area contributed by atoms with E-state index in [9.17, 15) is 9.18 Å². The van der Waals surface area contributed by atoms with Gasteiger partial charge in [0.1, 0.15) is 5.82 Å². The predicted molar refractivity (Wildman–Crippen MR) is 57.3 cm³/mol. The highest BCUT2D eigenvalue weighted by Gasteiger charge is 2.11. The first-order chi connectivity index (χ1) is 7.09. The summed E-state index contributed by atoms with van der Waals surface area (Å²) < 4.78 is 13.5. The molecule has 3 nitrogen and oxygen atoms in total. The van der Waals surface area contributed by atoms with Crippen LogP contribution in [0.2, 0.25) is 0 Å². The maximum atomic E-state index is 13.1. The molecule has 0 aliphatic heterocycles. The Balaban J connectivity index is 2.61. The molecule has 5 heteroatoms. The summed E-state index contributed by atoms with van der Waals surface area (Å²) in [5.41, 5.74) is 1.24. The first kappa shape index (κ1) is 10.2. The molecule has 0 amide bonds. The third-order valence-electron chi connectivity index (χ3n) is 2.17. The number of benzene rings is 1. The molecule has 0 spiro atoms. The molecule has 1 heterocycles. The molecular weight excluding hydrogens is 265 g/mol. The van der Waals surface area contributed by atoms with E-state index >= 15 is 0 Å². The Morgan fingerprint density at radius 2 is 2.27 bits per heavy atom. The summed E-state index contributed by atoms with van der Waals surface area (Å²) in [6.07, 6.45) is 1.51. The van der Waals surface area contributed by atoms with Crippen LogP contribution in [0, 0.1) is 5.82 Å². The van der Waals surface area contributed by atoms with Crippen LogP contribution in [0.1, 0.15) is 5.56 Å². The standard InChI is InChI=1S/C10H7BrFNO2/c11-9-7(12)2-1-6-5(3-8(14)15)4-13-10(6)9/h1-2,4,13H,3H2,(H,14,15). The van der Waals surface area contributed by atoms with E-state index < -0.39 is 5.97 Å². The highest BCUT2D eigenvalue weighted by molar-refractivity contribution is 9.10. The van der Waals surface area contributed by atoms with E-state index in [1.165, 1.54) is 6.07 Å². The van der Waals surface area contributed by atoms with Gasteiger partial charge in [0.2, 0.25) is 0 Å². The molecule has 2 aromatic rings. The molecule has 0 bridgehead atoms. The number of carboxylic acid groups (broad SMARTS) is 1. The predicted octanol–water partition coefficient (Wildman–Crippen LogP) is 2.70. The van der Waals surface area contributed by atoms with Crippen molar-refractivity contribution in [2.75, 3.05) is 0 Å². The molecule has 15 heavy (non-hydrogen) atoms. The van der Waals surface area contributed by atoms with E-state index in [0.29, 0.717) is 15.6 Å². The molecule has 2 rings (SSSR count). The van der Waals surface area contributed by atoms with Crippen LogP contribution in [0.5, 0.6) is 0 Å². The van der Waals surface area contributed by atoms with Gasteiger partial charge in [-0.1, -0.05) is 0 Å². The van der Waals surface area contributed by atoms with Gasteiger partial charge in [0.25, 0.3) is 0 Å². The third-order valence-corrected chi connectivity index (χ3v) is 2.95. The number of halogens is 2. The summed E-state index contributed by atoms with van der Waals surface area (Å²) in [5, 5.41) is 9.40. The van der Waals surface area contributed by atoms with Crippen molar-refractivity contribution in [1.29, 1.82) is 0 Å². The number of aliphatic carboxylic acids is 1. The van der Waals surface area contributed by atoms with Gasteiger partial charge >= 0.3 is 5.97 Å². The molecule has 0 atom stereocenters. The number of hydrogen-bond donors (Lipinski definition) is 2. The molecule has 0 fully saturated rings. The maximum absolute atomic E-state index is 13.1. The lowest BCUT2D eigenvalue weighted by molar-refractivity contribution is -0.136. The molecular formula is C10H7BrFNO2. The first-order valence-corrected chi connectivity index (χ1v) is 5.04. The Kier molecular flexibility index (Phi) is 2.48. The fourth-order valence-electron chi connectivity index (χ4n) is 1.51. The molecule has 1 aromatic heterocycles. The Morgan fingerprint density at radius 1 is 1.53 bits per heavy atom. The van der Waals surface area contributed by atoms with Crippen LogP contribution in [0.4, 0.5) is 4.39 Å². The van der Waals surface area contributed by atoms with Crippen LogP contribution in [-0.4, -0.2) is 16.1 Å². The van der Waals surface area contributed by atoms with Crippen molar-refractivity contribution in [1.82, 2.24) is 4.98 Å².